The number of fused-ring (bicyclic) bond motifs is 1. The highest BCUT2D eigenvalue weighted by atomic mass is 16.5. The first kappa shape index (κ1) is 10.9. The highest BCUT2D eigenvalue weighted by Crippen LogP contribution is 2.40. The first-order valence-electron chi connectivity index (χ1n) is 5.47. The molecule has 1 aliphatic rings. The van der Waals surface area contributed by atoms with E-state index in [2.05, 4.69) is 25.3 Å². The molecular weight excluding hydrogens is 200 g/mol. The van der Waals surface area contributed by atoms with Crippen LogP contribution in [0.5, 0.6) is 5.75 Å². The molecule has 0 aliphatic carbocycles. The lowest BCUT2D eigenvalue weighted by Gasteiger charge is -2.41. The van der Waals surface area contributed by atoms with E-state index >= 15 is 0 Å². The molecule has 1 heterocycles. The molecule has 1 aromatic rings. The average molecular weight is 218 g/mol. The number of nitrogen functional groups attached to an aromatic ring is 1. The minimum absolute atomic E-state index is 0.191. The molecule has 1 aromatic carbocycles. The third-order valence-electron chi connectivity index (χ3n) is 2.65. The van der Waals surface area contributed by atoms with Crippen molar-refractivity contribution in [3.63, 3.8) is 0 Å². The summed E-state index contributed by atoms with van der Waals surface area (Å²) in [6.45, 7) is 9.54. The summed E-state index contributed by atoms with van der Waals surface area (Å²) in [4.78, 5) is 2.21. The number of nitrogens with zero attached hydrogens (tertiary/aromatic N) is 1. The summed E-state index contributed by atoms with van der Waals surface area (Å²) in [5.74, 6) is 0.859. The van der Waals surface area contributed by atoms with Gasteiger partial charge in [-0.1, -0.05) is 12.1 Å². The van der Waals surface area contributed by atoms with Crippen molar-refractivity contribution in [2.75, 3.05) is 23.7 Å². The van der Waals surface area contributed by atoms with Crippen LogP contribution in [0.15, 0.2) is 30.9 Å². The maximum Gasteiger partial charge on any atom is 0.145 e. The Bertz CT molecular complexity index is 412. The van der Waals surface area contributed by atoms with Crippen LogP contribution in [0.4, 0.5) is 11.4 Å². The van der Waals surface area contributed by atoms with Crippen LogP contribution in [0.3, 0.4) is 0 Å². The van der Waals surface area contributed by atoms with Crippen LogP contribution in [0, 0.1) is 0 Å². The Morgan fingerprint density at radius 2 is 2.31 bits per heavy atom. The van der Waals surface area contributed by atoms with Crippen molar-refractivity contribution < 1.29 is 4.74 Å². The second kappa shape index (κ2) is 3.74. The maximum atomic E-state index is 5.99. The number of hydrogen-bond donors (Lipinski definition) is 1. The average Bonchev–Trinajstić information content (AvgIpc) is 2.15. The fraction of sp³-hybridized carbons (Fsp3) is 0.385. The van der Waals surface area contributed by atoms with Crippen molar-refractivity contribution in [3.05, 3.63) is 30.9 Å². The standard InChI is InChI=1S/C13H18N2O/c1-4-8-15-9-13(2,3)16-11-7-5-6-10(14)12(11)15/h4-7H,1,8-9,14H2,2-3H3. The first-order valence-corrected chi connectivity index (χ1v) is 5.47. The molecule has 86 valence electrons. The lowest BCUT2D eigenvalue weighted by atomic mass is 10.0. The quantitative estimate of drug-likeness (QED) is 0.612. The number of nitrogens with two attached hydrogens (primary N) is 1. The molecule has 0 aromatic heterocycles. The number of rotatable bonds is 2. The highest BCUT2D eigenvalue weighted by Gasteiger charge is 2.32. The maximum absolute atomic E-state index is 5.99. The van der Waals surface area contributed by atoms with E-state index in [1.54, 1.807) is 0 Å². The van der Waals surface area contributed by atoms with Gasteiger partial charge in [-0.05, 0) is 26.0 Å². The number of anilines is 2. The van der Waals surface area contributed by atoms with Gasteiger partial charge in [-0.15, -0.1) is 6.58 Å². The van der Waals surface area contributed by atoms with Crippen LogP contribution in [-0.2, 0) is 0 Å². The number of para-hydroxylation sites is 1. The molecule has 0 saturated carbocycles. The molecule has 3 nitrogen and oxygen atoms in total. The summed E-state index contributed by atoms with van der Waals surface area (Å²) in [5, 5.41) is 0. The van der Waals surface area contributed by atoms with Gasteiger partial charge in [0.1, 0.15) is 17.0 Å². The summed E-state index contributed by atoms with van der Waals surface area (Å²) in [5.41, 5.74) is 7.55. The van der Waals surface area contributed by atoms with E-state index < -0.39 is 0 Å². The molecule has 0 amide bonds. The third-order valence-corrected chi connectivity index (χ3v) is 2.65. The minimum Gasteiger partial charge on any atom is -0.484 e. The zero-order valence-corrected chi connectivity index (χ0v) is 9.86. The van der Waals surface area contributed by atoms with Gasteiger partial charge in [-0.3, -0.25) is 0 Å². The van der Waals surface area contributed by atoms with Crippen molar-refractivity contribution in [2.24, 2.45) is 0 Å². The second-order valence-corrected chi connectivity index (χ2v) is 4.72. The normalized spacial score (nSPS) is 17.5. The fourth-order valence-corrected chi connectivity index (χ4v) is 2.14. The SMILES string of the molecule is C=CCN1CC(C)(C)Oc2cccc(N)c21. The van der Waals surface area contributed by atoms with Crippen molar-refractivity contribution in [2.45, 2.75) is 19.4 Å². The summed E-state index contributed by atoms with van der Waals surface area (Å²) in [6.07, 6.45) is 1.89. The van der Waals surface area contributed by atoms with E-state index in [4.69, 9.17) is 10.5 Å². The molecule has 0 unspecified atom stereocenters. The van der Waals surface area contributed by atoms with Crippen LogP contribution in [-0.4, -0.2) is 18.7 Å². The lowest BCUT2D eigenvalue weighted by Crippen LogP contribution is -2.47. The van der Waals surface area contributed by atoms with Gasteiger partial charge in [0.25, 0.3) is 0 Å². The van der Waals surface area contributed by atoms with Gasteiger partial charge in [0, 0.05) is 6.54 Å². The van der Waals surface area contributed by atoms with E-state index in [-0.39, 0.29) is 5.60 Å². The summed E-state index contributed by atoms with van der Waals surface area (Å²) < 4.78 is 5.92. The molecule has 0 bridgehead atoms. The Kier molecular flexibility index (Phi) is 2.54. The molecule has 0 fully saturated rings. The van der Waals surface area contributed by atoms with Gasteiger partial charge in [-0.25, -0.2) is 0 Å². The first-order chi connectivity index (χ1) is 7.53. The van der Waals surface area contributed by atoms with Crippen LogP contribution in [0.25, 0.3) is 0 Å². The Morgan fingerprint density at radius 3 is 3.00 bits per heavy atom. The molecule has 0 saturated heterocycles. The van der Waals surface area contributed by atoms with Crippen molar-refractivity contribution in [3.8, 4) is 5.75 Å². The van der Waals surface area contributed by atoms with Crippen LogP contribution in [0.2, 0.25) is 0 Å². The number of hydrogen-bond acceptors (Lipinski definition) is 3. The Morgan fingerprint density at radius 1 is 1.56 bits per heavy atom. The molecule has 3 heteroatoms. The molecule has 16 heavy (non-hydrogen) atoms. The minimum atomic E-state index is -0.191. The molecule has 2 N–H and O–H groups in total. The van der Waals surface area contributed by atoms with Crippen molar-refractivity contribution >= 4 is 11.4 Å². The summed E-state index contributed by atoms with van der Waals surface area (Å²) in [7, 11) is 0. The Labute approximate surface area is 96.5 Å². The summed E-state index contributed by atoms with van der Waals surface area (Å²) in [6, 6.07) is 5.78. The smallest absolute Gasteiger partial charge is 0.145 e. The van der Waals surface area contributed by atoms with Crippen LogP contribution >= 0.6 is 0 Å². The van der Waals surface area contributed by atoms with Crippen LogP contribution in [0.1, 0.15) is 13.8 Å². The van der Waals surface area contributed by atoms with Gasteiger partial charge >= 0.3 is 0 Å². The fourth-order valence-electron chi connectivity index (χ4n) is 2.14. The van der Waals surface area contributed by atoms with Crippen molar-refractivity contribution in [1.29, 1.82) is 0 Å². The predicted octanol–water partition coefficient (Wildman–Crippen LogP) is 2.43. The summed E-state index contributed by atoms with van der Waals surface area (Å²) >= 11 is 0. The molecule has 0 radical (unpaired) electrons. The zero-order chi connectivity index (χ0) is 11.8. The molecular formula is C13H18N2O. The van der Waals surface area contributed by atoms with E-state index in [1.807, 2.05) is 24.3 Å². The van der Waals surface area contributed by atoms with E-state index in [1.165, 1.54) is 0 Å². The van der Waals surface area contributed by atoms with Gasteiger partial charge in [0.05, 0.1) is 12.2 Å². The molecule has 2 rings (SSSR count). The molecule has 0 spiro atoms. The third kappa shape index (κ3) is 1.85. The van der Waals surface area contributed by atoms with Crippen LogP contribution < -0.4 is 15.4 Å². The Hall–Kier alpha value is -1.64. The van der Waals surface area contributed by atoms with Gasteiger partial charge < -0.3 is 15.4 Å². The Balaban J connectivity index is 2.47. The predicted molar refractivity (Wildman–Crippen MR) is 68.0 cm³/mol. The van der Waals surface area contributed by atoms with E-state index in [0.29, 0.717) is 0 Å². The molecule has 1 aliphatic heterocycles. The zero-order valence-electron chi connectivity index (χ0n) is 9.86. The van der Waals surface area contributed by atoms with E-state index in [9.17, 15) is 0 Å². The monoisotopic (exact) mass is 218 g/mol. The van der Waals surface area contributed by atoms with Gasteiger partial charge in [-0.2, -0.15) is 0 Å². The highest BCUT2D eigenvalue weighted by molar-refractivity contribution is 5.76. The van der Waals surface area contributed by atoms with Gasteiger partial charge in [0.15, 0.2) is 0 Å². The van der Waals surface area contributed by atoms with Crippen molar-refractivity contribution in [1.82, 2.24) is 0 Å². The second-order valence-electron chi connectivity index (χ2n) is 4.72. The largest absolute Gasteiger partial charge is 0.484 e. The number of ether oxygens (including phenoxy) is 1. The molecule has 0 atom stereocenters. The van der Waals surface area contributed by atoms with E-state index in [0.717, 1.165) is 30.2 Å². The number of benzene rings is 1. The lowest BCUT2D eigenvalue weighted by molar-refractivity contribution is 0.106. The topological polar surface area (TPSA) is 38.5 Å². The van der Waals surface area contributed by atoms with Gasteiger partial charge in [0.2, 0.25) is 0 Å².